The molecule has 4 aromatic carbocycles. The minimum absolute atomic E-state index is 0.0166. The smallest absolute Gasteiger partial charge is 0.197 e. The highest BCUT2D eigenvalue weighted by Crippen LogP contribution is 2.44. The van der Waals surface area contributed by atoms with Crippen LogP contribution in [0, 0.1) is 0 Å². The predicted molar refractivity (Wildman–Crippen MR) is 149 cm³/mol. The molecule has 6 rings (SSSR count). The molecule has 1 aliphatic carbocycles. The third-order valence-electron chi connectivity index (χ3n) is 7.14. The van der Waals surface area contributed by atoms with Crippen LogP contribution in [-0.2, 0) is 6.42 Å². The SMILES string of the molecule is O=c1c(C2CC(c3ccc(-c4ccc(Br)cc4)cc3)Cc3ccccc32)c(S)oc2ccccc12. The molecular weight excluding hydrogens is 516 g/mol. The summed E-state index contributed by atoms with van der Waals surface area (Å²) >= 11 is 8.16. The van der Waals surface area contributed by atoms with Gasteiger partial charge in [0, 0.05) is 10.4 Å². The standard InChI is InChI=1S/C31H23BrO2S/c32-24-15-13-20(14-16-24)19-9-11-21(12-10-19)23-17-22-5-1-2-6-25(22)27(18-23)29-30(33)26-7-3-4-8-28(26)34-31(29)35/h1-16,23,27,35H,17-18H2. The summed E-state index contributed by atoms with van der Waals surface area (Å²) in [5, 5.41) is 1.03. The Hall–Kier alpha value is -3.08. The number of hydrogen-bond acceptors (Lipinski definition) is 3. The van der Waals surface area contributed by atoms with Crippen molar-refractivity contribution in [2.45, 2.75) is 29.8 Å². The first-order chi connectivity index (χ1) is 17.1. The van der Waals surface area contributed by atoms with Gasteiger partial charge in [0.1, 0.15) is 5.58 Å². The lowest BCUT2D eigenvalue weighted by Crippen LogP contribution is -2.23. The van der Waals surface area contributed by atoms with E-state index in [0.29, 0.717) is 27.5 Å². The molecule has 0 fully saturated rings. The van der Waals surface area contributed by atoms with Gasteiger partial charge in [-0.3, -0.25) is 4.79 Å². The maximum Gasteiger partial charge on any atom is 0.197 e. The Kier molecular flexibility index (Phi) is 5.87. The Bertz CT molecular complexity index is 1590. The van der Waals surface area contributed by atoms with Crippen LogP contribution in [0.15, 0.2) is 116 Å². The number of hydrogen-bond donors (Lipinski definition) is 1. The van der Waals surface area contributed by atoms with Crippen LogP contribution in [-0.4, -0.2) is 0 Å². The van der Waals surface area contributed by atoms with E-state index >= 15 is 0 Å². The van der Waals surface area contributed by atoms with E-state index in [0.717, 1.165) is 17.3 Å². The molecule has 0 aliphatic heterocycles. The second-order valence-corrected chi connectivity index (χ2v) is 10.5. The van der Waals surface area contributed by atoms with Crippen molar-refractivity contribution in [1.29, 1.82) is 0 Å². The average molecular weight is 539 g/mol. The second-order valence-electron chi connectivity index (χ2n) is 9.16. The maximum atomic E-state index is 13.6. The number of halogens is 1. The van der Waals surface area contributed by atoms with Gasteiger partial charge < -0.3 is 4.42 Å². The molecule has 35 heavy (non-hydrogen) atoms. The van der Waals surface area contributed by atoms with Gasteiger partial charge in [-0.2, -0.15) is 0 Å². The molecule has 2 unspecified atom stereocenters. The highest BCUT2D eigenvalue weighted by atomic mass is 79.9. The number of rotatable bonds is 3. The van der Waals surface area contributed by atoms with Gasteiger partial charge in [0.15, 0.2) is 10.5 Å². The van der Waals surface area contributed by atoms with Crippen LogP contribution in [0.2, 0.25) is 0 Å². The molecule has 4 heteroatoms. The van der Waals surface area contributed by atoms with Crippen molar-refractivity contribution in [3.8, 4) is 11.1 Å². The fourth-order valence-corrected chi connectivity index (χ4v) is 6.01. The molecule has 1 aromatic heterocycles. The average Bonchev–Trinajstić information content (AvgIpc) is 2.89. The largest absolute Gasteiger partial charge is 0.450 e. The predicted octanol–water partition coefficient (Wildman–Crippen LogP) is 8.37. The lowest BCUT2D eigenvalue weighted by Gasteiger charge is -2.32. The van der Waals surface area contributed by atoms with Gasteiger partial charge >= 0.3 is 0 Å². The van der Waals surface area contributed by atoms with Crippen molar-refractivity contribution in [1.82, 2.24) is 0 Å². The summed E-state index contributed by atoms with van der Waals surface area (Å²) in [7, 11) is 0. The molecule has 172 valence electrons. The number of fused-ring (bicyclic) bond motifs is 2. The first kappa shape index (κ1) is 22.4. The topological polar surface area (TPSA) is 30.2 Å². The zero-order valence-electron chi connectivity index (χ0n) is 18.9. The summed E-state index contributed by atoms with van der Waals surface area (Å²) < 4.78 is 7.09. The van der Waals surface area contributed by atoms with E-state index in [2.05, 4.69) is 101 Å². The highest BCUT2D eigenvalue weighted by molar-refractivity contribution is 9.10. The summed E-state index contributed by atoms with van der Waals surface area (Å²) in [4.78, 5) is 13.6. The van der Waals surface area contributed by atoms with Crippen LogP contribution >= 0.6 is 28.6 Å². The van der Waals surface area contributed by atoms with E-state index in [1.54, 1.807) is 0 Å². The second kappa shape index (κ2) is 9.18. The van der Waals surface area contributed by atoms with Gasteiger partial charge in [-0.15, -0.1) is 12.6 Å². The molecule has 0 bridgehead atoms. The van der Waals surface area contributed by atoms with Gasteiger partial charge in [0.25, 0.3) is 0 Å². The van der Waals surface area contributed by atoms with Crippen molar-refractivity contribution >= 4 is 39.5 Å². The molecule has 0 N–H and O–H groups in total. The van der Waals surface area contributed by atoms with Gasteiger partial charge in [-0.1, -0.05) is 88.7 Å². The van der Waals surface area contributed by atoms with E-state index in [1.807, 2.05) is 24.3 Å². The Morgan fingerprint density at radius 1 is 0.800 bits per heavy atom. The number of para-hydroxylation sites is 1. The lowest BCUT2D eigenvalue weighted by atomic mass is 9.72. The number of benzene rings is 4. The Labute approximate surface area is 218 Å². The summed E-state index contributed by atoms with van der Waals surface area (Å²) in [6.07, 6.45) is 1.79. The molecule has 0 saturated carbocycles. The van der Waals surface area contributed by atoms with E-state index < -0.39 is 0 Å². The van der Waals surface area contributed by atoms with Crippen LogP contribution in [0.5, 0.6) is 0 Å². The van der Waals surface area contributed by atoms with Crippen molar-refractivity contribution < 1.29 is 4.42 Å². The summed E-state index contributed by atoms with van der Waals surface area (Å²) in [6, 6.07) is 33.1. The zero-order chi connectivity index (χ0) is 23.9. The maximum absolute atomic E-state index is 13.6. The lowest BCUT2D eigenvalue weighted by molar-refractivity contribution is 0.460. The van der Waals surface area contributed by atoms with Crippen molar-refractivity contribution in [2.75, 3.05) is 0 Å². The molecular formula is C31H23BrO2S. The Morgan fingerprint density at radius 3 is 2.23 bits per heavy atom. The molecule has 5 aromatic rings. The van der Waals surface area contributed by atoms with Gasteiger partial charge in [-0.05, 0) is 70.8 Å². The third kappa shape index (κ3) is 4.15. The van der Waals surface area contributed by atoms with E-state index in [1.165, 1.54) is 27.8 Å². The van der Waals surface area contributed by atoms with Crippen molar-refractivity contribution in [2.24, 2.45) is 0 Å². The van der Waals surface area contributed by atoms with E-state index in [4.69, 9.17) is 4.42 Å². The van der Waals surface area contributed by atoms with Crippen molar-refractivity contribution in [3.05, 3.63) is 134 Å². The summed E-state index contributed by atoms with van der Waals surface area (Å²) in [6.45, 7) is 0. The van der Waals surface area contributed by atoms with E-state index in [9.17, 15) is 4.79 Å². The van der Waals surface area contributed by atoms with Gasteiger partial charge in [0.2, 0.25) is 0 Å². The van der Waals surface area contributed by atoms with Crippen LogP contribution in [0.4, 0.5) is 0 Å². The Morgan fingerprint density at radius 2 is 1.46 bits per heavy atom. The summed E-state index contributed by atoms with van der Waals surface area (Å²) in [5.74, 6) is 0.233. The third-order valence-corrected chi connectivity index (χ3v) is 8.00. The molecule has 0 spiro atoms. The molecule has 1 aliphatic rings. The minimum Gasteiger partial charge on any atom is -0.450 e. The monoisotopic (exact) mass is 538 g/mol. The van der Waals surface area contributed by atoms with Gasteiger partial charge in [-0.25, -0.2) is 0 Å². The zero-order valence-corrected chi connectivity index (χ0v) is 21.4. The Balaban J connectivity index is 1.41. The number of thiol groups is 1. The quantitative estimate of drug-likeness (QED) is 0.234. The first-order valence-corrected chi connectivity index (χ1v) is 13.0. The van der Waals surface area contributed by atoms with Crippen LogP contribution in [0.25, 0.3) is 22.1 Å². The molecule has 0 saturated heterocycles. The molecule has 2 atom stereocenters. The molecule has 0 amide bonds. The molecule has 0 radical (unpaired) electrons. The first-order valence-electron chi connectivity index (χ1n) is 11.8. The van der Waals surface area contributed by atoms with Crippen LogP contribution < -0.4 is 5.43 Å². The van der Waals surface area contributed by atoms with Crippen LogP contribution in [0.1, 0.15) is 40.5 Å². The van der Waals surface area contributed by atoms with Gasteiger partial charge in [0.05, 0.1) is 10.9 Å². The summed E-state index contributed by atoms with van der Waals surface area (Å²) in [5.41, 5.74) is 7.42. The fraction of sp³-hybridized carbons (Fsp3) is 0.129. The fourth-order valence-electron chi connectivity index (χ4n) is 5.39. The van der Waals surface area contributed by atoms with Crippen molar-refractivity contribution in [3.63, 3.8) is 0 Å². The highest BCUT2D eigenvalue weighted by Gasteiger charge is 2.32. The van der Waals surface area contributed by atoms with E-state index in [-0.39, 0.29) is 11.3 Å². The normalized spacial score (nSPS) is 17.3. The molecule has 2 nitrogen and oxygen atoms in total. The minimum atomic E-state index is -0.0653. The van der Waals surface area contributed by atoms with Crippen LogP contribution in [0.3, 0.4) is 0 Å². The molecule has 1 heterocycles.